The molecular formula is C13H15ClN2O3S. The maximum absolute atomic E-state index is 12.2. The third-order valence-corrected chi connectivity index (χ3v) is 4.43. The van der Waals surface area contributed by atoms with Crippen LogP contribution >= 0.6 is 11.6 Å². The van der Waals surface area contributed by atoms with Crippen molar-refractivity contribution in [3.8, 4) is 0 Å². The lowest BCUT2D eigenvalue weighted by Crippen LogP contribution is -2.26. The first kappa shape index (κ1) is 15.1. The minimum Gasteiger partial charge on any atom is -0.447 e. The minimum absolute atomic E-state index is 0.146. The summed E-state index contributed by atoms with van der Waals surface area (Å²) in [6.45, 7) is 1.88. The van der Waals surface area contributed by atoms with E-state index < -0.39 is 16.1 Å². The highest BCUT2D eigenvalue weighted by Crippen LogP contribution is 2.21. The van der Waals surface area contributed by atoms with Crippen molar-refractivity contribution in [3.05, 3.63) is 52.7 Å². The van der Waals surface area contributed by atoms with Gasteiger partial charge in [-0.05, 0) is 36.8 Å². The van der Waals surface area contributed by atoms with Crippen LogP contribution in [0.2, 0.25) is 5.02 Å². The van der Waals surface area contributed by atoms with Gasteiger partial charge in [-0.15, -0.1) is 0 Å². The Morgan fingerprint density at radius 1 is 1.35 bits per heavy atom. The van der Waals surface area contributed by atoms with Crippen molar-refractivity contribution in [2.45, 2.75) is 24.6 Å². The molecule has 0 fully saturated rings. The van der Waals surface area contributed by atoms with E-state index in [2.05, 4.69) is 4.72 Å². The molecule has 0 aliphatic carbocycles. The number of furan rings is 1. The van der Waals surface area contributed by atoms with Gasteiger partial charge in [-0.3, -0.25) is 0 Å². The van der Waals surface area contributed by atoms with Crippen LogP contribution in [0.3, 0.4) is 0 Å². The van der Waals surface area contributed by atoms with Gasteiger partial charge < -0.3 is 10.2 Å². The van der Waals surface area contributed by atoms with Crippen molar-refractivity contribution in [2.75, 3.05) is 0 Å². The van der Waals surface area contributed by atoms with Gasteiger partial charge in [-0.25, -0.2) is 13.1 Å². The number of nitrogens with one attached hydrogen (secondary N) is 1. The van der Waals surface area contributed by atoms with Crippen LogP contribution in [0.25, 0.3) is 0 Å². The van der Waals surface area contributed by atoms with E-state index in [0.29, 0.717) is 10.8 Å². The van der Waals surface area contributed by atoms with Crippen LogP contribution in [0, 0.1) is 0 Å². The summed E-state index contributed by atoms with van der Waals surface area (Å²) in [4.78, 5) is 0. The van der Waals surface area contributed by atoms with Crippen molar-refractivity contribution in [2.24, 2.45) is 5.73 Å². The molecule has 0 aliphatic heterocycles. The van der Waals surface area contributed by atoms with Gasteiger partial charge in [0.05, 0.1) is 6.54 Å². The molecule has 2 aromatic rings. The van der Waals surface area contributed by atoms with Crippen LogP contribution in [0.1, 0.15) is 24.3 Å². The molecule has 1 aromatic heterocycles. The van der Waals surface area contributed by atoms with Gasteiger partial charge >= 0.3 is 0 Å². The molecule has 1 heterocycles. The lowest BCUT2D eigenvalue weighted by molar-refractivity contribution is 0.411. The molecule has 3 N–H and O–H groups in total. The normalized spacial score (nSPS) is 13.3. The molecule has 0 spiro atoms. The summed E-state index contributed by atoms with van der Waals surface area (Å²) in [6.07, 6.45) is 0. The third-order valence-electron chi connectivity index (χ3n) is 2.78. The Morgan fingerprint density at radius 2 is 2.10 bits per heavy atom. The van der Waals surface area contributed by atoms with Crippen LogP contribution in [-0.2, 0) is 16.6 Å². The Bertz CT molecular complexity index is 697. The van der Waals surface area contributed by atoms with Crippen molar-refractivity contribution in [1.29, 1.82) is 0 Å². The molecule has 0 amide bonds. The van der Waals surface area contributed by atoms with Gasteiger partial charge in [0, 0.05) is 11.1 Å². The number of benzene rings is 1. The lowest BCUT2D eigenvalue weighted by atomic mass is 10.1. The number of sulfonamides is 1. The summed E-state index contributed by atoms with van der Waals surface area (Å²) in [5.41, 5.74) is 6.16. The van der Waals surface area contributed by atoms with E-state index in [9.17, 15) is 8.42 Å². The Hall–Kier alpha value is -1.34. The fourth-order valence-corrected chi connectivity index (χ4v) is 3.13. The van der Waals surface area contributed by atoms with Gasteiger partial charge in [0.2, 0.25) is 5.09 Å². The number of nitrogens with two attached hydrogens (primary N) is 1. The molecule has 0 saturated carbocycles. The van der Waals surface area contributed by atoms with Crippen LogP contribution < -0.4 is 10.5 Å². The molecule has 1 atom stereocenters. The fraction of sp³-hybridized carbons (Fsp3) is 0.231. The zero-order chi connectivity index (χ0) is 14.8. The highest BCUT2D eigenvalue weighted by Gasteiger charge is 2.21. The lowest BCUT2D eigenvalue weighted by Gasteiger charge is -2.13. The fourth-order valence-electron chi connectivity index (χ4n) is 1.75. The molecule has 0 bridgehead atoms. The van der Waals surface area contributed by atoms with Gasteiger partial charge in [-0.2, -0.15) is 0 Å². The Labute approximate surface area is 122 Å². The van der Waals surface area contributed by atoms with E-state index >= 15 is 0 Å². The summed E-state index contributed by atoms with van der Waals surface area (Å²) in [6, 6.07) is 9.50. The second-order valence-corrected chi connectivity index (χ2v) is 6.40. The predicted molar refractivity (Wildman–Crippen MR) is 76.8 cm³/mol. The number of hydrogen-bond donors (Lipinski definition) is 2. The highest BCUT2D eigenvalue weighted by atomic mass is 35.5. The molecule has 0 aliphatic rings. The Kier molecular flexibility index (Phi) is 4.49. The molecule has 1 unspecified atom stereocenters. The predicted octanol–water partition coefficient (Wildman–Crippen LogP) is 2.43. The summed E-state index contributed by atoms with van der Waals surface area (Å²) in [5.74, 6) is 0.417. The molecule has 1 aromatic carbocycles. The summed E-state index contributed by atoms with van der Waals surface area (Å²) in [5, 5.41) is 0.406. The van der Waals surface area contributed by atoms with Crippen molar-refractivity contribution in [3.63, 3.8) is 0 Å². The zero-order valence-corrected chi connectivity index (χ0v) is 12.4. The SMILES string of the molecule is CC(NS(=O)(=O)c1ccc(CN)o1)c1cccc(Cl)c1. The van der Waals surface area contributed by atoms with Crippen LogP contribution in [0.5, 0.6) is 0 Å². The monoisotopic (exact) mass is 314 g/mol. The Balaban J connectivity index is 2.19. The second kappa shape index (κ2) is 5.97. The number of rotatable bonds is 5. The number of halogens is 1. The molecule has 108 valence electrons. The summed E-state index contributed by atoms with van der Waals surface area (Å²) < 4.78 is 32.0. The van der Waals surface area contributed by atoms with E-state index in [4.69, 9.17) is 21.8 Å². The van der Waals surface area contributed by atoms with Crippen LogP contribution in [-0.4, -0.2) is 8.42 Å². The van der Waals surface area contributed by atoms with Gasteiger partial charge in [-0.1, -0.05) is 23.7 Å². The van der Waals surface area contributed by atoms with Crippen molar-refractivity contribution in [1.82, 2.24) is 4.72 Å². The molecule has 20 heavy (non-hydrogen) atoms. The molecular weight excluding hydrogens is 300 g/mol. The maximum atomic E-state index is 12.2. The van der Waals surface area contributed by atoms with E-state index in [0.717, 1.165) is 5.56 Å². The third kappa shape index (κ3) is 3.40. The van der Waals surface area contributed by atoms with E-state index in [1.807, 2.05) is 0 Å². The standard InChI is InChI=1S/C13H15ClN2O3S/c1-9(10-3-2-4-11(14)7-10)16-20(17,18)13-6-5-12(8-15)19-13/h2-7,9,16H,8,15H2,1H3. The average Bonchev–Trinajstić information content (AvgIpc) is 2.87. The molecule has 7 heteroatoms. The maximum Gasteiger partial charge on any atom is 0.274 e. The molecule has 0 saturated heterocycles. The minimum atomic E-state index is -3.73. The van der Waals surface area contributed by atoms with Crippen molar-refractivity contribution < 1.29 is 12.8 Å². The molecule has 2 rings (SSSR count). The Morgan fingerprint density at radius 3 is 2.70 bits per heavy atom. The quantitative estimate of drug-likeness (QED) is 0.887. The van der Waals surface area contributed by atoms with E-state index in [1.165, 1.54) is 6.07 Å². The molecule has 0 radical (unpaired) electrons. The van der Waals surface area contributed by atoms with Crippen molar-refractivity contribution >= 4 is 21.6 Å². The topological polar surface area (TPSA) is 85.3 Å². The summed E-state index contributed by atoms with van der Waals surface area (Å²) in [7, 11) is -3.73. The first-order valence-electron chi connectivity index (χ1n) is 5.99. The zero-order valence-electron chi connectivity index (χ0n) is 10.8. The smallest absolute Gasteiger partial charge is 0.274 e. The van der Waals surface area contributed by atoms with E-state index in [1.54, 1.807) is 37.3 Å². The second-order valence-electron chi connectivity index (χ2n) is 4.32. The van der Waals surface area contributed by atoms with Crippen LogP contribution in [0.15, 0.2) is 45.9 Å². The van der Waals surface area contributed by atoms with Gasteiger partial charge in [0.1, 0.15) is 5.76 Å². The first-order chi connectivity index (χ1) is 9.42. The first-order valence-corrected chi connectivity index (χ1v) is 7.85. The van der Waals surface area contributed by atoms with Gasteiger partial charge in [0.15, 0.2) is 0 Å². The van der Waals surface area contributed by atoms with Crippen LogP contribution in [0.4, 0.5) is 0 Å². The highest BCUT2D eigenvalue weighted by molar-refractivity contribution is 7.89. The largest absolute Gasteiger partial charge is 0.447 e. The van der Waals surface area contributed by atoms with Gasteiger partial charge in [0.25, 0.3) is 10.0 Å². The van der Waals surface area contributed by atoms with E-state index in [-0.39, 0.29) is 11.6 Å². The molecule has 5 nitrogen and oxygen atoms in total. The average molecular weight is 315 g/mol. The summed E-state index contributed by atoms with van der Waals surface area (Å²) >= 11 is 5.89. The number of hydrogen-bond acceptors (Lipinski definition) is 4.